The molecule has 0 radical (unpaired) electrons. The predicted octanol–water partition coefficient (Wildman–Crippen LogP) is 6.88. The van der Waals surface area contributed by atoms with Gasteiger partial charge in [-0.1, -0.05) is 53.5 Å². The van der Waals surface area contributed by atoms with Crippen molar-refractivity contribution in [3.05, 3.63) is 105 Å². The van der Waals surface area contributed by atoms with Crippen LogP contribution in [0.1, 0.15) is 54.0 Å². The minimum Gasteiger partial charge on any atom is -0.492 e. The van der Waals surface area contributed by atoms with Crippen molar-refractivity contribution in [2.75, 3.05) is 32.8 Å². The molecule has 2 atom stereocenters. The van der Waals surface area contributed by atoms with E-state index in [0.29, 0.717) is 52.1 Å². The Bertz CT molecular complexity index is 2040. The van der Waals surface area contributed by atoms with Gasteiger partial charge in [0.25, 0.3) is 0 Å². The van der Waals surface area contributed by atoms with Crippen molar-refractivity contribution in [3.8, 4) is 34.4 Å². The second kappa shape index (κ2) is 19.1. The second-order valence-corrected chi connectivity index (χ2v) is 14.5. The first-order valence-electron chi connectivity index (χ1n) is 17.9. The van der Waals surface area contributed by atoms with Crippen LogP contribution >= 0.6 is 23.2 Å². The van der Waals surface area contributed by atoms with Crippen molar-refractivity contribution in [1.82, 2.24) is 15.2 Å². The number of carboxylic acids is 2. The Morgan fingerprint density at radius 2 is 1.76 bits per heavy atom. The van der Waals surface area contributed by atoms with Gasteiger partial charge in [-0.25, -0.2) is 0 Å². The Kier molecular flexibility index (Phi) is 14.3. The van der Waals surface area contributed by atoms with E-state index in [1.54, 1.807) is 24.4 Å². The molecule has 0 spiro atoms. The van der Waals surface area contributed by atoms with Gasteiger partial charge in [0.05, 0.1) is 34.7 Å². The smallest absolute Gasteiger partial charge is 0.326 e. The molecule has 1 aromatic heterocycles. The summed E-state index contributed by atoms with van der Waals surface area (Å²) in [6.45, 7) is 5.57. The van der Waals surface area contributed by atoms with E-state index in [2.05, 4.69) is 21.3 Å². The monoisotopic (exact) mass is 790 g/mol. The number of nitrogens with zero attached hydrogens (tertiary/aromatic N) is 3. The average molecular weight is 792 g/mol. The molecule has 0 aliphatic carbocycles. The summed E-state index contributed by atoms with van der Waals surface area (Å²) in [4.78, 5) is 29.5. The van der Waals surface area contributed by atoms with Gasteiger partial charge in [-0.3, -0.25) is 19.9 Å². The van der Waals surface area contributed by atoms with Crippen molar-refractivity contribution in [3.63, 3.8) is 0 Å². The predicted molar refractivity (Wildman–Crippen MR) is 208 cm³/mol. The van der Waals surface area contributed by atoms with Crippen molar-refractivity contribution in [2.24, 2.45) is 5.92 Å². The fraction of sp³-hybridized carbons (Fsp3) is 0.366. The van der Waals surface area contributed by atoms with Crippen molar-refractivity contribution < 1.29 is 39.1 Å². The van der Waals surface area contributed by atoms with E-state index in [-0.39, 0.29) is 30.7 Å². The first-order chi connectivity index (χ1) is 26.4. The molecular weight excluding hydrogens is 747 g/mol. The zero-order valence-corrected chi connectivity index (χ0v) is 32.2. The summed E-state index contributed by atoms with van der Waals surface area (Å²) < 4.78 is 18.5. The highest BCUT2D eigenvalue weighted by Gasteiger charge is 2.32. The van der Waals surface area contributed by atoms with Crippen LogP contribution in [0.25, 0.3) is 11.1 Å². The lowest BCUT2D eigenvalue weighted by Crippen LogP contribution is -2.52. The number of halogens is 2. The molecule has 2 heterocycles. The van der Waals surface area contributed by atoms with Gasteiger partial charge in [-0.2, -0.15) is 5.26 Å². The topological polar surface area (TPSA) is 174 Å². The number of aliphatic hydroxyl groups excluding tert-OH is 1. The number of carboxylic acid groups (broad SMARTS) is 2. The number of hydrogen-bond acceptors (Lipinski definition) is 10. The Labute approximate surface area is 330 Å². The highest BCUT2D eigenvalue weighted by Crippen LogP contribution is 2.39. The maximum Gasteiger partial charge on any atom is 0.326 e. The van der Waals surface area contributed by atoms with Crippen LogP contribution in [0.2, 0.25) is 10.0 Å². The molecule has 290 valence electrons. The minimum atomic E-state index is -1.61. The summed E-state index contributed by atoms with van der Waals surface area (Å²) in [5.41, 5.74) is 3.47. The van der Waals surface area contributed by atoms with Crippen LogP contribution in [0.5, 0.6) is 17.2 Å². The van der Waals surface area contributed by atoms with E-state index in [0.717, 1.165) is 54.6 Å². The molecule has 1 saturated heterocycles. The summed E-state index contributed by atoms with van der Waals surface area (Å²) >= 11 is 13.6. The number of pyridine rings is 1. The quantitative estimate of drug-likeness (QED) is 0.0771. The number of nitrogens with one attached hydrogen (secondary N) is 1. The van der Waals surface area contributed by atoms with Crippen LogP contribution in [0, 0.1) is 24.2 Å². The number of nitriles is 1. The molecule has 1 aliphatic heterocycles. The number of aliphatic carboxylic acids is 2. The number of likely N-dealkylation sites (tertiary alicyclic amines) is 1. The molecule has 3 aromatic carbocycles. The Morgan fingerprint density at radius 1 is 1.00 bits per heavy atom. The molecule has 14 heteroatoms. The number of hydrogen-bond donors (Lipinski definition) is 4. The zero-order valence-electron chi connectivity index (χ0n) is 30.7. The normalized spacial score (nSPS) is 15.5. The van der Waals surface area contributed by atoms with Crippen LogP contribution in [0.15, 0.2) is 67.0 Å². The van der Waals surface area contributed by atoms with Gasteiger partial charge in [0.15, 0.2) is 0 Å². The third-order valence-corrected chi connectivity index (χ3v) is 10.4. The lowest BCUT2D eigenvalue weighted by molar-refractivity contribution is -0.146. The van der Waals surface area contributed by atoms with Crippen LogP contribution in [0.3, 0.4) is 0 Å². The number of benzene rings is 3. The lowest BCUT2D eigenvalue weighted by Gasteiger charge is -2.30. The zero-order chi connectivity index (χ0) is 39.5. The average Bonchev–Trinajstić information content (AvgIpc) is 3.19. The lowest BCUT2D eigenvalue weighted by atomic mass is 9.96. The number of ether oxygens (including phenoxy) is 3. The number of rotatable bonds is 18. The maximum absolute atomic E-state index is 11.8. The Balaban J connectivity index is 1.29. The molecule has 1 aliphatic rings. The molecule has 4 aromatic rings. The summed E-state index contributed by atoms with van der Waals surface area (Å²) in [5, 5.41) is 41.7. The maximum atomic E-state index is 11.8. The van der Waals surface area contributed by atoms with Gasteiger partial charge in [0.1, 0.15) is 42.1 Å². The van der Waals surface area contributed by atoms with Crippen molar-refractivity contribution in [2.45, 2.75) is 58.4 Å². The van der Waals surface area contributed by atoms with E-state index in [1.165, 1.54) is 13.1 Å². The van der Waals surface area contributed by atoms with E-state index in [4.69, 9.17) is 37.4 Å². The van der Waals surface area contributed by atoms with E-state index in [1.807, 2.05) is 43.3 Å². The first kappa shape index (κ1) is 41.3. The molecule has 0 amide bonds. The molecular formula is C41H44Cl2N4O8. The number of carbonyl (C=O) groups is 2. The highest BCUT2D eigenvalue weighted by atomic mass is 35.5. The number of aromatic nitrogens is 1. The molecule has 55 heavy (non-hydrogen) atoms. The largest absolute Gasteiger partial charge is 0.492 e. The van der Waals surface area contributed by atoms with Crippen LogP contribution in [-0.2, 0) is 29.3 Å². The summed E-state index contributed by atoms with van der Waals surface area (Å²) in [6.07, 6.45) is 5.36. The summed E-state index contributed by atoms with van der Waals surface area (Å²) in [6, 6.07) is 18.5. The molecule has 0 bridgehead atoms. The van der Waals surface area contributed by atoms with Gasteiger partial charge in [0, 0.05) is 54.8 Å². The molecule has 0 saturated carbocycles. The molecule has 1 fully saturated rings. The van der Waals surface area contributed by atoms with Gasteiger partial charge in [0.2, 0.25) is 0 Å². The minimum absolute atomic E-state index is 0.00548. The molecule has 5 rings (SSSR count). The first-order valence-corrected chi connectivity index (χ1v) is 18.6. The summed E-state index contributed by atoms with van der Waals surface area (Å²) in [7, 11) is 0. The van der Waals surface area contributed by atoms with Crippen LogP contribution in [0.4, 0.5) is 0 Å². The standard InChI is InChI=1S/C41H44Cl2N4O8/c1-26-30(7-3-9-32(26)33-10-4-11-35(38(33)43)53-14-6-13-47-12-5-8-29(22-47)39(49)50)24-55-37-17-36(54-23-28-15-27(18-44)19-45-20-28)31(16-34(37)42)21-46-41(2,25-48)40(51)52/h3-4,7,9-11,15-17,19-20,29,46,48H,5-6,8,12-14,21-25H2,1-2H3,(H,49,50)(H,51,52)/t29-,41?/m0/s1. The van der Waals surface area contributed by atoms with E-state index < -0.39 is 24.1 Å². The summed E-state index contributed by atoms with van der Waals surface area (Å²) in [5.74, 6) is -1.03. The SMILES string of the molecule is Cc1c(COc2cc(OCc3cncc(C#N)c3)c(CNC(C)(CO)C(=O)O)cc2Cl)cccc1-c1cccc(OCCCN2CCC[C@H](C(=O)O)C2)c1Cl. The van der Waals surface area contributed by atoms with Gasteiger partial charge >= 0.3 is 11.9 Å². The molecule has 12 nitrogen and oxygen atoms in total. The number of aliphatic hydroxyl groups is 1. The fourth-order valence-corrected chi connectivity index (χ4v) is 6.81. The Morgan fingerprint density at radius 3 is 2.51 bits per heavy atom. The second-order valence-electron chi connectivity index (χ2n) is 13.7. The third-order valence-electron chi connectivity index (χ3n) is 9.70. The van der Waals surface area contributed by atoms with E-state index in [9.17, 15) is 30.2 Å². The molecule has 4 N–H and O–H groups in total. The van der Waals surface area contributed by atoms with Gasteiger partial charge < -0.3 is 34.4 Å². The third kappa shape index (κ3) is 10.7. The van der Waals surface area contributed by atoms with Crippen LogP contribution in [-0.4, -0.2) is 75.5 Å². The van der Waals surface area contributed by atoms with Gasteiger partial charge in [-0.15, -0.1) is 0 Å². The van der Waals surface area contributed by atoms with Crippen molar-refractivity contribution in [1.29, 1.82) is 5.26 Å². The van der Waals surface area contributed by atoms with Gasteiger partial charge in [-0.05, 0) is 74.5 Å². The van der Waals surface area contributed by atoms with Crippen LogP contribution < -0.4 is 19.5 Å². The van der Waals surface area contributed by atoms with Crippen molar-refractivity contribution >= 4 is 35.1 Å². The van der Waals surface area contributed by atoms with E-state index >= 15 is 0 Å². The molecule has 1 unspecified atom stereocenters. The Hall–Kier alpha value is -4.90. The highest BCUT2D eigenvalue weighted by molar-refractivity contribution is 6.35. The fourth-order valence-electron chi connectivity index (χ4n) is 6.29. The number of piperidine rings is 1.